The largest absolute Gasteiger partial charge is 0.323 e. The van der Waals surface area contributed by atoms with E-state index in [9.17, 15) is 9.18 Å². The SMILES string of the molecule is CCCC(C)(N)C(=O)Nc1cc(F)ccc1Cl. The number of hydrogen-bond donors (Lipinski definition) is 2. The lowest BCUT2D eigenvalue weighted by atomic mass is 9.96. The van der Waals surface area contributed by atoms with Gasteiger partial charge in [0.1, 0.15) is 5.82 Å². The van der Waals surface area contributed by atoms with E-state index in [2.05, 4.69) is 5.32 Å². The first kappa shape index (κ1) is 13.9. The van der Waals surface area contributed by atoms with Crippen molar-refractivity contribution in [3.05, 3.63) is 29.0 Å². The molecule has 1 aromatic rings. The van der Waals surface area contributed by atoms with E-state index in [1.165, 1.54) is 18.2 Å². The summed E-state index contributed by atoms with van der Waals surface area (Å²) < 4.78 is 13.0. The molecule has 0 aliphatic heterocycles. The molecule has 0 aliphatic rings. The molecule has 3 N–H and O–H groups in total. The summed E-state index contributed by atoms with van der Waals surface area (Å²) in [5, 5.41) is 2.82. The van der Waals surface area contributed by atoms with Gasteiger partial charge in [-0.1, -0.05) is 24.9 Å². The van der Waals surface area contributed by atoms with Crippen LogP contribution in [0.15, 0.2) is 18.2 Å². The molecule has 0 aromatic heterocycles. The van der Waals surface area contributed by atoms with Crippen LogP contribution in [0.5, 0.6) is 0 Å². The summed E-state index contributed by atoms with van der Waals surface area (Å²) in [4.78, 5) is 11.9. The van der Waals surface area contributed by atoms with Crippen molar-refractivity contribution in [3.8, 4) is 0 Å². The van der Waals surface area contributed by atoms with Crippen LogP contribution in [0.1, 0.15) is 26.7 Å². The number of nitrogens with two attached hydrogens (primary N) is 1. The Morgan fingerprint density at radius 2 is 2.24 bits per heavy atom. The Morgan fingerprint density at radius 1 is 1.59 bits per heavy atom. The molecule has 0 saturated carbocycles. The maximum Gasteiger partial charge on any atom is 0.244 e. The average molecular weight is 259 g/mol. The van der Waals surface area contributed by atoms with Crippen molar-refractivity contribution in [3.63, 3.8) is 0 Å². The van der Waals surface area contributed by atoms with Crippen molar-refractivity contribution in [2.24, 2.45) is 5.73 Å². The number of halogens is 2. The van der Waals surface area contributed by atoms with Crippen molar-refractivity contribution < 1.29 is 9.18 Å². The lowest BCUT2D eigenvalue weighted by Crippen LogP contribution is -2.48. The standard InChI is InChI=1S/C12H16ClFN2O/c1-3-6-12(2,15)11(17)16-10-7-8(14)4-5-9(10)13/h4-5,7H,3,6,15H2,1-2H3,(H,16,17). The van der Waals surface area contributed by atoms with Gasteiger partial charge in [0.25, 0.3) is 0 Å². The number of hydrogen-bond acceptors (Lipinski definition) is 2. The van der Waals surface area contributed by atoms with Gasteiger partial charge in [0.2, 0.25) is 5.91 Å². The highest BCUT2D eigenvalue weighted by atomic mass is 35.5. The van der Waals surface area contributed by atoms with Gasteiger partial charge in [0, 0.05) is 0 Å². The fraction of sp³-hybridized carbons (Fsp3) is 0.417. The minimum absolute atomic E-state index is 0.240. The predicted molar refractivity (Wildman–Crippen MR) is 67.5 cm³/mol. The number of carbonyl (C=O) groups is 1. The van der Waals surface area contributed by atoms with Gasteiger partial charge in [0.15, 0.2) is 0 Å². The van der Waals surface area contributed by atoms with E-state index in [1.54, 1.807) is 6.92 Å². The van der Waals surface area contributed by atoms with Crippen molar-refractivity contribution in [1.82, 2.24) is 0 Å². The Labute approximate surface area is 105 Å². The molecular formula is C12H16ClFN2O. The highest BCUT2D eigenvalue weighted by Crippen LogP contribution is 2.23. The quantitative estimate of drug-likeness (QED) is 0.872. The molecule has 5 heteroatoms. The lowest BCUT2D eigenvalue weighted by Gasteiger charge is -2.23. The third-order valence-electron chi connectivity index (χ3n) is 2.46. The molecule has 0 aliphatic carbocycles. The zero-order valence-electron chi connectivity index (χ0n) is 9.89. The molecule has 0 spiro atoms. The molecule has 17 heavy (non-hydrogen) atoms. The molecule has 0 saturated heterocycles. The fourth-order valence-electron chi connectivity index (χ4n) is 1.49. The first-order chi connectivity index (χ1) is 7.86. The van der Waals surface area contributed by atoms with Gasteiger partial charge in [-0.25, -0.2) is 4.39 Å². The van der Waals surface area contributed by atoms with Crippen LogP contribution in [-0.2, 0) is 4.79 Å². The molecule has 94 valence electrons. The molecule has 1 unspecified atom stereocenters. The van der Waals surface area contributed by atoms with Crippen LogP contribution in [0.3, 0.4) is 0 Å². The average Bonchev–Trinajstić information content (AvgIpc) is 2.23. The summed E-state index contributed by atoms with van der Waals surface area (Å²) in [6.07, 6.45) is 1.34. The third-order valence-corrected chi connectivity index (χ3v) is 2.79. The molecule has 3 nitrogen and oxygen atoms in total. The van der Waals surface area contributed by atoms with E-state index in [-0.39, 0.29) is 16.6 Å². The summed E-state index contributed by atoms with van der Waals surface area (Å²) in [7, 11) is 0. The maximum atomic E-state index is 13.0. The Hall–Kier alpha value is -1.13. The number of nitrogens with one attached hydrogen (secondary N) is 1. The maximum absolute atomic E-state index is 13.0. The van der Waals surface area contributed by atoms with Gasteiger partial charge in [0.05, 0.1) is 16.2 Å². The minimum Gasteiger partial charge on any atom is -0.323 e. The summed E-state index contributed by atoms with van der Waals surface area (Å²) >= 11 is 5.85. The van der Waals surface area contributed by atoms with Crippen molar-refractivity contribution in [1.29, 1.82) is 0 Å². The van der Waals surface area contributed by atoms with Crippen LogP contribution >= 0.6 is 11.6 Å². The van der Waals surface area contributed by atoms with Crippen molar-refractivity contribution >= 4 is 23.2 Å². The van der Waals surface area contributed by atoms with E-state index in [4.69, 9.17) is 17.3 Å². The van der Waals surface area contributed by atoms with Crippen LogP contribution in [0.4, 0.5) is 10.1 Å². The second-order valence-electron chi connectivity index (χ2n) is 4.25. The Bertz CT molecular complexity index is 421. The smallest absolute Gasteiger partial charge is 0.244 e. The number of benzene rings is 1. The van der Waals surface area contributed by atoms with E-state index in [0.717, 1.165) is 6.42 Å². The zero-order valence-corrected chi connectivity index (χ0v) is 10.6. The summed E-state index contributed by atoms with van der Waals surface area (Å²) in [5.41, 5.74) is 5.12. The minimum atomic E-state index is -0.982. The van der Waals surface area contributed by atoms with Crippen LogP contribution < -0.4 is 11.1 Å². The van der Waals surface area contributed by atoms with Crippen LogP contribution in [0.25, 0.3) is 0 Å². The lowest BCUT2D eigenvalue weighted by molar-refractivity contribution is -0.120. The predicted octanol–water partition coefficient (Wildman–Crippen LogP) is 2.94. The van der Waals surface area contributed by atoms with Gasteiger partial charge in [-0.05, 0) is 31.5 Å². The monoisotopic (exact) mass is 258 g/mol. The Morgan fingerprint density at radius 3 is 2.82 bits per heavy atom. The summed E-state index contributed by atoms with van der Waals surface area (Å²) in [6.45, 7) is 3.58. The molecule has 1 amide bonds. The Kier molecular flexibility index (Phi) is 4.48. The molecule has 0 fully saturated rings. The van der Waals surface area contributed by atoms with Crippen molar-refractivity contribution in [2.45, 2.75) is 32.2 Å². The first-order valence-electron chi connectivity index (χ1n) is 5.42. The summed E-state index contributed by atoms with van der Waals surface area (Å²) in [6, 6.07) is 3.79. The molecule has 1 aromatic carbocycles. The highest BCUT2D eigenvalue weighted by Gasteiger charge is 2.27. The molecule has 0 radical (unpaired) electrons. The van der Waals surface area contributed by atoms with E-state index >= 15 is 0 Å². The normalized spacial score (nSPS) is 14.2. The van der Waals surface area contributed by atoms with Gasteiger partial charge >= 0.3 is 0 Å². The fourth-order valence-corrected chi connectivity index (χ4v) is 1.66. The van der Waals surface area contributed by atoms with E-state index in [1.807, 2.05) is 6.92 Å². The number of carbonyl (C=O) groups excluding carboxylic acids is 1. The van der Waals surface area contributed by atoms with Gasteiger partial charge in [-0.3, -0.25) is 4.79 Å². The number of amides is 1. The zero-order chi connectivity index (χ0) is 13.1. The van der Waals surface area contributed by atoms with Crippen LogP contribution in [0.2, 0.25) is 5.02 Å². The van der Waals surface area contributed by atoms with Gasteiger partial charge in [-0.2, -0.15) is 0 Å². The first-order valence-corrected chi connectivity index (χ1v) is 5.80. The molecule has 1 rings (SSSR count). The summed E-state index contributed by atoms with van der Waals surface area (Å²) in [5.74, 6) is -0.828. The highest BCUT2D eigenvalue weighted by molar-refractivity contribution is 6.33. The topological polar surface area (TPSA) is 55.1 Å². The molecule has 0 bridgehead atoms. The van der Waals surface area contributed by atoms with Gasteiger partial charge in [-0.15, -0.1) is 0 Å². The second-order valence-corrected chi connectivity index (χ2v) is 4.65. The van der Waals surface area contributed by atoms with E-state index < -0.39 is 11.4 Å². The third kappa shape index (κ3) is 3.68. The number of rotatable bonds is 4. The van der Waals surface area contributed by atoms with Crippen LogP contribution in [-0.4, -0.2) is 11.4 Å². The van der Waals surface area contributed by atoms with Crippen LogP contribution in [0, 0.1) is 5.82 Å². The van der Waals surface area contributed by atoms with Crippen molar-refractivity contribution in [2.75, 3.05) is 5.32 Å². The van der Waals surface area contributed by atoms with E-state index in [0.29, 0.717) is 6.42 Å². The molecular weight excluding hydrogens is 243 g/mol. The molecule has 1 atom stereocenters. The Balaban J connectivity index is 2.84. The van der Waals surface area contributed by atoms with Gasteiger partial charge < -0.3 is 11.1 Å². The molecule has 0 heterocycles. The number of anilines is 1. The second kappa shape index (κ2) is 5.47.